The Hall–Kier alpha value is -3.23. The summed E-state index contributed by atoms with van der Waals surface area (Å²) in [6.07, 6.45) is -3.12. The fourth-order valence-corrected chi connectivity index (χ4v) is 2.04. The predicted molar refractivity (Wildman–Crippen MR) is 92.2 cm³/mol. The number of nitrogens with zero attached hydrogens (tertiary/aromatic N) is 1. The number of methoxy groups -OCH3 is 2. The third-order valence-corrected chi connectivity index (χ3v) is 3.36. The highest BCUT2D eigenvalue weighted by Gasteiger charge is 2.30. The first kappa shape index (κ1) is 20.1. The van der Waals surface area contributed by atoms with E-state index in [0.717, 1.165) is 12.1 Å². The van der Waals surface area contributed by atoms with Gasteiger partial charge in [0.25, 0.3) is 5.91 Å². The van der Waals surface area contributed by atoms with Crippen molar-refractivity contribution in [2.75, 3.05) is 20.8 Å². The zero-order chi connectivity index (χ0) is 19.9. The Morgan fingerprint density at radius 1 is 1.11 bits per heavy atom. The van der Waals surface area contributed by atoms with Gasteiger partial charge in [0.1, 0.15) is 17.2 Å². The van der Waals surface area contributed by atoms with E-state index in [1.807, 2.05) is 0 Å². The molecule has 0 atom stereocenters. The van der Waals surface area contributed by atoms with Crippen molar-refractivity contribution in [1.29, 1.82) is 0 Å². The Kier molecular flexibility index (Phi) is 6.64. The van der Waals surface area contributed by atoms with E-state index in [0.29, 0.717) is 17.1 Å². The third-order valence-electron chi connectivity index (χ3n) is 3.36. The number of carbonyl (C=O) groups excluding carboxylic acids is 1. The zero-order valence-corrected chi connectivity index (χ0v) is 14.5. The first-order chi connectivity index (χ1) is 12.8. The standard InChI is InChI=1S/C18H17F3N2O4/c1-25-14-7-6-12(16(9-14)26-2)10-22-23-17(24)11-27-15-5-3-4-13(8-15)18(19,20)21/h3-10H,11H2,1-2H3,(H,23,24)/b22-10+. The molecule has 1 amide bonds. The molecule has 27 heavy (non-hydrogen) atoms. The highest BCUT2D eigenvalue weighted by atomic mass is 19.4. The number of carbonyl (C=O) groups is 1. The molecule has 1 N–H and O–H groups in total. The number of amides is 1. The molecule has 0 spiro atoms. The number of hydrogen-bond donors (Lipinski definition) is 1. The van der Waals surface area contributed by atoms with Gasteiger partial charge >= 0.3 is 6.18 Å². The molecule has 0 unspecified atom stereocenters. The minimum Gasteiger partial charge on any atom is -0.497 e. The molecule has 6 nitrogen and oxygen atoms in total. The smallest absolute Gasteiger partial charge is 0.416 e. The van der Waals surface area contributed by atoms with E-state index < -0.39 is 24.3 Å². The summed E-state index contributed by atoms with van der Waals surface area (Å²) in [5, 5.41) is 3.77. The van der Waals surface area contributed by atoms with Crippen LogP contribution in [0.1, 0.15) is 11.1 Å². The second kappa shape index (κ2) is 8.93. The second-order valence-electron chi connectivity index (χ2n) is 5.22. The number of hydrazone groups is 1. The number of alkyl halides is 3. The second-order valence-corrected chi connectivity index (χ2v) is 5.22. The summed E-state index contributed by atoms with van der Waals surface area (Å²) in [7, 11) is 3.00. The SMILES string of the molecule is COc1ccc(/C=N/NC(=O)COc2cccc(C(F)(F)F)c2)c(OC)c1. The number of benzene rings is 2. The average molecular weight is 382 g/mol. The molecule has 2 rings (SSSR count). The molecule has 0 saturated carbocycles. The molecule has 0 aromatic heterocycles. The van der Waals surface area contributed by atoms with Crippen molar-refractivity contribution < 1.29 is 32.2 Å². The number of ether oxygens (including phenoxy) is 3. The molecule has 0 bridgehead atoms. The lowest BCUT2D eigenvalue weighted by atomic mass is 10.2. The van der Waals surface area contributed by atoms with Crippen molar-refractivity contribution in [2.24, 2.45) is 5.10 Å². The van der Waals surface area contributed by atoms with Gasteiger partial charge in [-0.05, 0) is 30.3 Å². The summed E-state index contributed by atoms with van der Waals surface area (Å²) in [5.74, 6) is 0.395. The Bertz CT molecular complexity index is 822. The van der Waals surface area contributed by atoms with Crippen LogP contribution in [0.5, 0.6) is 17.2 Å². The van der Waals surface area contributed by atoms with Crippen LogP contribution in [0.2, 0.25) is 0 Å². The van der Waals surface area contributed by atoms with Crippen molar-refractivity contribution >= 4 is 12.1 Å². The van der Waals surface area contributed by atoms with Crippen LogP contribution in [0.4, 0.5) is 13.2 Å². The molecule has 9 heteroatoms. The topological polar surface area (TPSA) is 69.2 Å². The van der Waals surface area contributed by atoms with Gasteiger partial charge in [-0.1, -0.05) is 6.07 Å². The van der Waals surface area contributed by atoms with Crippen LogP contribution < -0.4 is 19.6 Å². The summed E-state index contributed by atoms with van der Waals surface area (Å²) < 4.78 is 53.2. The van der Waals surface area contributed by atoms with Crippen LogP contribution in [0.15, 0.2) is 47.6 Å². The number of nitrogens with one attached hydrogen (secondary N) is 1. The highest BCUT2D eigenvalue weighted by Crippen LogP contribution is 2.31. The lowest BCUT2D eigenvalue weighted by molar-refractivity contribution is -0.137. The Balaban J connectivity index is 1.91. The van der Waals surface area contributed by atoms with Crippen molar-refractivity contribution in [2.45, 2.75) is 6.18 Å². The largest absolute Gasteiger partial charge is 0.497 e. The summed E-state index contributed by atoms with van der Waals surface area (Å²) in [5.41, 5.74) is 1.96. The predicted octanol–water partition coefficient (Wildman–Crippen LogP) is 3.25. The monoisotopic (exact) mass is 382 g/mol. The first-order valence-corrected chi connectivity index (χ1v) is 7.67. The lowest BCUT2D eigenvalue weighted by Crippen LogP contribution is -2.24. The molecule has 0 aliphatic rings. The summed E-state index contributed by atoms with van der Waals surface area (Å²) in [6.45, 7) is -0.488. The molecule has 2 aromatic carbocycles. The fourth-order valence-electron chi connectivity index (χ4n) is 2.04. The quantitative estimate of drug-likeness (QED) is 0.590. The maximum Gasteiger partial charge on any atom is 0.416 e. The fraction of sp³-hybridized carbons (Fsp3) is 0.222. The average Bonchev–Trinajstić information content (AvgIpc) is 2.66. The molecule has 144 valence electrons. The highest BCUT2D eigenvalue weighted by molar-refractivity contribution is 5.85. The van der Waals surface area contributed by atoms with Gasteiger partial charge in [-0.2, -0.15) is 18.3 Å². The first-order valence-electron chi connectivity index (χ1n) is 7.67. The van der Waals surface area contributed by atoms with Gasteiger partial charge in [-0.3, -0.25) is 4.79 Å². The Labute approximate surface area is 153 Å². The van der Waals surface area contributed by atoms with Gasteiger partial charge in [0.15, 0.2) is 6.61 Å². The van der Waals surface area contributed by atoms with Gasteiger partial charge in [0.05, 0.1) is 26.0 Å². The molecule has 0 fully saturated rings. The van der Waals surface area contributed by atoms with Crippen molar-refractivity contribution in [3.63, 3.8) is 0 Å². The molecular formula is C18H17F3N2O4. The van der Waals surface area contributed by atoms with Gasteiger partial charge in [-0.25, -0.2) is 5.43 Å². The third kappa shape index (κ3) is 5.91. The van der Waals surface area contributed by atoms with Crippen LogP contribution in [0.3, 0.4) is 0 Å². The Morgan fingerprint density at radius 2 is 1.89 bits per heavy atom. The van der Waals surface area contributed by atoms with E-state index in [4.69, 9.17) is 14.2 Å². The molecule has 0 radical (unpaired) electrons. The molecule has 2 aromatic rings. The van der Waals surface area contributed by atoms with Crippen LogP contribution >= 0.6 is 0 Å². The van der Waals surface area contributed by atoms with E-state index in [2.05, 4.69) is 10.5 Å². The summed E-state index contributed by atoms with van der Waals surface area (Å²) in [6, 6.07) is 9.30. The van der Waals surface area contributed by atoms with Crippen molar-refractivity contribution in [1.82, 2.24) is 5.43 Å². The van der Waals surface area contributed by atoms with Crippen LogP contribution in [-0.2, 0) is 11.0 Å². The van der Waals surface area contributed by atoms with Crippen molar-refractivity contribution in [3.8, 4) is 17.2 Å². The zero-order valence-electron chi connectivity index (χ0n) is 14.5. The van der Waals surface area contributed by atoms with Crippen LogP contribution in [-0.4, -0.2) is 32.9 Å². The minimum atomic E-state index is -4.48. The van der Waals surface area contributed by atoms with Crippen LogP contribution in [0, 0.1) is 0 Å². The molecule has 0 heterocycles. The number of halogens is 3. The molecule has 0 aliphatic carbocycles. The van der Waals surface area contributed by atoms with Gasteiger partial charge in [-0.15, -0.1) is 0 Å². The summed E-state index contributed by atoms with van der Waals surface area (Å²) in [4.78, 5) is 11.7. The van der Waals surface area contributed by atoms with E-state index in [1.165, 1.54) is 32.6 Å². The van der Waals surface area contributed by atoms with Gasteiger partial charge < -0.3 is 14.2 Å². The normalized spacial score (nSPS) is 11.3. The maximum atomic E-state index is 12.6. The van der Waals surface area contributed by atoms with E-state index in [-0.39, 0.29) is 5.75 Å². The van der Waals surface area contributed by atoms with E-state index in [1.54, 1.807) is 18.2 Å². The summed E-state index contributed by atoms with van der Waals surface area (Å²) >= 11 is 0. The lowest BCUT2D eigenvalue weighted by Gasteiger charge is -2.09. The number of rotatable bonds is 7. The van der Waals surface area contributed by atoms with E-state index in [9.17, 15) is 18.0 Å². The van der Waals surface area contributed by atoms with Gasteiger partial charge in [0, 0.05) is 11.6 Å². The van der Waals surface area contributed by atoms with Gasteiger partial charge in [0.2, 0.25) is 0 Å². The number of hydrogen-bond acceptors (Lipinski definition) is 5. The molecule has 0 aliphatic heterocycles. The van der Waals surface area contributed by atoms with Crippen LogP contribution in [0.25, 0.3) is 0 Å². The maximum absolute atomic E-state index is 12.6. The molecule has 0 saturated heterocycles. The van der Waals surface area contributed by atoms with E-state index >= 15 is 0 Å². The molecular weight excluding hydrogens is 365 g/mol. The van der Waals surface area contributed by atoms with Crippen molar-refractivity contribution in [3.05, 3.63) is 53.6 Å². The Morgan fingerprint density at radius 3 is 2.56 bits per heavy atom. The minimum absolute atomic E-state index is 0.0687.